The summed E-state index contributed by atoms with van der Waals surface area (Å²) in [5.41, 5.74) is 0. The topological polar surface area (TPSA) is 43.4 Å². The summed E-state index contributed by atoms with van der Waals surface area (Å²) in [5, 5.41) is 0. The first kappa shape index (κ1) is 26.2. The smallest absolute Gasteiger partial charge is 0.317 e. The van der Waals surface area contributed by atoms with Crippen molar-refractivity contribution in [2.75, 3.05) is 0 Å². The molecule has 1 aliphatic rings. The first-order valence-electron chi connectivity index (χ1n) is 13.0. The average molecular weight is 409 g/mol. The minimum Gasteiger partial charge on any atom is -0.393 e. The lowest BCUT2D eigenvalue weighted by atomic mass is 9.86. The summed E-state index contributed by atoms with van der Waals surface area (Å²) >= 11 is 0. The summed E-state index contributed by atoms with van der Waals surface area (Å²) in [6.07, 6.45) is 24.7. The molecule has 29 heavy (non-hydrogen) atoms. The Morgan fingerprint density at radius 1 is 0.483 bits per heavy atom. The van der Waals surface area contributed by atoms with E-state index in [9.17, 15) is 9.59 Å². The number of ether oxygens (including phenoxy) is 1. The molecule has 0 spiro atoms. The molecule has 0 radical (unpaired) electrons. The van der Waals surface area contributed by atoms with Gasteiger partial charge in [0.2, 0.25) is 0 Å². The molecular weight excluding hydrogens is 360 g/mol. The van der Waals surface area contributed by atoms with Gasteiger partial charge < -0.3 is 4.74 Å². The number of rotatable bonds is 20. The Labute approximate surface area is 180 Å². The van der Waals surface area contributed by atoms with Gasteiger partial charge in [-0.05, 0) is 12.8 Å². The molecule has 0 bridgehead atoms. The Morgan fingerprint density at radius 3 is 1.07 bits per heavy atom. The summed E-state index contributed by atoms with van der Waals surface area (Å²) in [6, 6.07) is 0. The van der Waals surface area contributed by atoms with Crippen LogP contribution < -0.4 is 0 Å². The second kappa shape index (κ2) is 18.0. The van der Waals surface area contributed by atoms with Crippen molar-refractivity contribution in [3.63, 3.8) is 0 Å². The number of cyclic esters (lactones) is 2. The monoisotopic (exact) mass is 408 g/mol. The quantitative estimate of drug-likeness (QED) is 0.116. The van der Waals surface area contributed by atoms with Gasteiger partial charge in [0.05, 0.1) is 11.8 Å². The van der Waals surface area contributed by atoms with Crippen LogP contribution in [0.4, 0.5) is 0 Å². The van der Waals surface area contributed by atoms with E-state index in [-0.39, 0.29) is 23.8 Å². The van der Waals surface area contributed by atoms with Crippen LogP contribution in [0, 0.1) is 11.8 Å². The highest BCUT2D eigenvalue weighted by molar-refractivity contribution is 5.96. The van der Waals surface area contributed by atoms with E-state index >= 15 is 0 Å². The highest BCUT2D eigenvalue weighted by atomic mass is 16.6. The summed E-state index contributed by atoms with van der Waals surface area (Å²) in [6.45, 7) is 4.50. The molecule has 2 atom stereocenters. The van der Waals surface area contributed by atoms with E-state index < -0.39 is 0 Å². The number of carbonyl (C=O) groups excluding carboxylic acids is 2. The number of hydrogen-bond acceptors (Lipinski definition) is 3. The van der Waals surface area contributed by atoms with Gasteiger partial charge in [-0.3, -0.25) is 9.59 Å². The molecule has 2 unspecified atom stereocenters. The molecule has 0 aromatic carbocycles. The van der Waals surface area contributed by atoms with Crippen LogP contribution in [0.5, 0.6) is 0 Å². The first-order chi connectivity index (χ1) is 14.2. The van der Waals surface area contributed by atoms with Gasteiger partial charge >= 0.3 is 11.9 Å². The number of unbranched alkanes of at least 4 members (excludes halogenated alkanes) is 16. The second-order valence-electron chi connectivity index (χ2n) is 9.19. The van der Waals surface area contributed by atoms with Gasteiger partial charge in [-0.1, -0.05) is 129 Å². The Balaban J connectivity index is 2.09. The molecule has 1 rings (SSSR count). The van der Waals surface area contributed by atoms with Crippen molar-refractivity contribution in [1.29, 1.82) is 0 Å². The summed E-state index contributed by atoms with van der Waals surface area (Å²) in [4.78, 5) is 24.2. The molecule has 170 valence electrons. The molecule has 0 amide bonds. The van der Waals surface area contributed by atoms with Crippen LogP contribution in [-0.2, 0) is 14.3 Å². The molecule has 1 fully saturated rings. The van der Waals surface area contributed by atoms with Crippen LogP contribution in [0.1, 0.15) is 142 Å². The standard InChI is InChI=1S/C26H48O3/c1-3-5-7-9-11-13-15-17-19-21-23-24(26(28)29-25(23)27)22-20-18-16-14-12-10-8-6-4-2/h23-24H,3-22H2,1-2H3. The molecule has 0 aromatic heterocycles. The Kier molecular flexibility index (Phi) is 16.2. The zero-order valence-corrected chi connectivity index (χ0v) is 19.5. The number of esters is 2. The van der Waals surface area contributed by atoms with Gasteiger partial charge in [0.1, 0.15) is 0 Å². The minimum absolute atomic E-state index is 0.166. The van der Waals surface area contributed by atoms with Gasteiger partial charge in [0.25, 0.3) is 0 Å². The molecule has 0 saturated carbocycles. The van der Waals surface area contributed by atoms with E-state index in [0.717, 1.165) is 25.7 Å². The van der Waals surface area contributed by atoms with Crippen LogP contribution in [-0.4, -0.2) is 11.9 Å². The van der Waals surface area contributed by atoms with Gasteiger partial charge in [0.15, 0.2) is 0 Å². The van der Waals surface area contributed by atoms with Crippen molar-refractivity contribution in [1.82, 2.24) is 0 Å². The van der Waals surface area contributed by atoms with E-state index in [2.05, 4.69) is 13.8 Å². The zero-order valence-electron chi connectivity index (χ0n) is 19.5. The predicted molar refractivity (Wildman–Crippen MR) is 122 cm³/mol. The predicted octanol–water partition coefficient (Wildman–Crippen LogP) is 8.14. The summed E-state index contributed by atoms with van der Waals surface area (Å²) < 4.78 is 4.97. The van der Waals surface area contributed by atoms with Crippen LogP contribution in [0.3, 0.4) is 0 Å². The maximum atomic E-state index is 12.1. The third-order valence-corrected chi connectivity index (χ3v) is 6.53. The zero-order chi connectivity index (χ0) is 21.2. The van der Waals surface area contributed by atoms with Gasteiger partial charge in [-0.2, -0.15) is 0 Å². The van der Waals surface area contributed by atoms with Crippen LogP contribution in [0.15, 0.2) is 0 Å². The minimum atomic E-state index is -0.254. The SMILES string of the molecule is CCCCCCCCCCCC1C(=O)OC(=O)C1CCCCCCCCCCC. The molecule has 1 saturated heterocycles. The molecule has 3 nitrogen and oxygen atoms in total. The van der Waals surface area contributed by atoms with Gasteiger partial charge in [-0.15, -0.1) is 0 Å². The summed E-state index contributed by atoms with van der Waals surface area (Å²) in [7, 11) is 0. The fourth-order valence-corrected chi connectivity index (χ4v) is 4.57. The van der Waals surface area contributed by atoms with E-state index in [4.69, 9.17) is 4.74 Å². The van der Waals surface area contributed by atoms with Gasteiger partial charge in [-0.25, -0.2) is 0 Å². The lowest BCUT2D eigenvalue weighted by Gasteiger charge is -2.13. The highest BCUT2D eigenvalue weighted by Crippen LogP contribution is 2.32. The Morgan fingerprint density at radius 2 is 0.759 bits per heavy atom. The first-order valence-corrected chi connectivity index (χ1v) is 13.0. The maximum absolute atomic E-state index is 12.1. The van der Waals surface area contributed by atoms with E-state index in [1.165, 1.54) is 103 Å². The van der Waals surface area contributed by atoms with Crippen LogP contribution in [0.25, 0.3) is 0 Å². The van der Waals surface area contributed by atoms with E-state index in [1.807, 2.05) is 0 Å². The molecule has 0 aromatic rings. The van der Waals surface area contributed by atoms with Gasteiger partial charge in [0, 0.05) is 0 Å². The number of carbonyl (C=O) groups is 2. The largest absolute Gasteiger partial charge is 0.393 e. The van der Waals surface area contributed by atoms with Crippen LogP contribution in [0.2, 0.25) is 0 Å². The third kappa shape index (κ3) is 12.4. The molecule has 3 heteroatoms. The molecule has 1 aliphatic heterocycles. The summed E-state index contributed by atoms with van der Waals surface area (Å²) in [5.74, 6) is -0.840. The average Bonchev–Trinajstić information content (AvgIpc) is 2.98. The lowest BCUT2D eigenvalue weighted by molar-refractivity contribution is -0.153. The number of hydrogen-bond donors (Lipinski definition) is 0. The van der Waals surface area contributed by atoms with Crippen molar-refractivity contribution in [2.45, 2.75) is 142 Å². The van der Waals surface area contributed by atoms with Crippen molar-refractivity contribution in [3.8, 4) is 0 Å². The van der Waals surface area contributed by atoms with E-state index in [0.29, 0.717) is 0 Å². The normalized spacial score (nSPS) is 19.1. The van der Waals surface area contributed by atoms with Crippen molar-refractivity contribution >= 4 is 11.9 Å². The fraction of sp³-hybridized carbons (Fsp3) is 0.923. The molecule has 0 N–H and O–H groups in total. The van der Waals surface area contributed by atoms with Crippen LogP contribution >= 0.6 is 0 Å². The maximum Gasteiger partial charge on any atom is 0.317 e. The third-order valence-electron chi connectivity index (χ3n) is 6.53. The molecule has 0 aliphatic carbocycles. The van der Waals surface area contributed by atoms with Crippen molar-refractivity contribution < 1.29 is 14.3 Å². The van der Waals surface area contributed by atoms with Crippen molar-refractivity contribution in [2.24, 2.45) is 11.8 Å². The van der Waals surface area contributed by atoms with E-state index in [1.54, 1.807) is 0 Å². The molecule has 1 heterocycles. The van der Waals surface area contributed by atoms with Crippen molar-refractivity contribution in [3.05, 3.63) is 0 Å². The lowest BCUT2D eigenvalue weighted by Crippen LogP contribution is -2.18. The Bertz CT molecular complexity index is 380. The second-order valence-corrected chi connectivity index (χ2v) is 9.19. The molecular formula is C26H48O3. The fourth-order valence-electron chi connectivity index (χ4n) is 4.57. The Hall–Kier alpha value is -0.860. The highest BCUT2D eigenvalue weighted by Gasteiger charge is 2.42.